The van der Waals surface area contributed by atoms with Crippen molar-refractivity contribution in [3.05, 3.63) is 74.7 Å². The molecular weight excluding hydrogens is 456 g/mol. The molecule has 9 heteroatoms. The Hall–Kier alpha value is -3.78. The molecule has 0 aliphatic carbocycles. The SMILES string of the molecule is COc1cc(OC)c(NC(=O)Cn2c(=O)cc(C)c3c(C)nn(-c4ccc(C)cc4)c32)cc1Cl. The van der Waals surface area contributed by atoms with E-state index in [0.717, 1.165) is 27.9 Å². The Morgan fingerprint density at radius 2 is 1.71 bits per heavy atom. The number of nitrogens with one attached hydrogen (secondary N) is 1. The molecule has 0 radical (unpaired) electrons. The lowest BCUT2D eigenvalue weighted by Gasteiger charge is -2.15. The number of hydrogen-bond acceptors (Lipinski definition) is 5. The lowest BCUT2D eigenvalue weighted by molar-refractivity contribution is -0.116. The number of pyridine rings is 1. The summed E-state index contributed by atoms with van der Waals surface area (Å²) in [4.78, 5) is 26.1. The highest BCUT2D eigenvalue weighted by molar-refractivity contribution is 6.32. The first-order valence-electron chi connectivity index (χ1n) is 10.6. The molecule has 0 fully saturated rings. The molecule has 1 amide bonds. The number of aromatic nitrogens is 3. The van der Waals surface area contributed by atoms with Crippen LogP contribution in [-0.2, 0) is 11.3 Å². The maximum absolute atomic E-state index is 13.1. The molecular formula is C25H25ClN4O4. The largest absolute Gasteiger partial charge is 0.495 e. The van der Waals surface area contributed by atoms with Crippen LogP contribution in [0.3, 0.4) is 0 Å². The Bertz CT molecular complexity index is 1460. The van der Waals surface area contributed by atoms with Crippen LogP contribution >= 0.6 is 11.6 Å². The van der Waals surface area contributed by atoms with E-state index >= 15 is 0 Å². The summed E-state index contributed by atoms with van der Waals surface area (Å²) in [6.45, 7) is 5.53. The predicted molar refractivity (Wildman–Crippen MR) is 133 cm³/mol. The molecule has 0 spiro atoms. The lowest BCUT2D eigenvalue weighted by atomic mass is 10.1. The maximum Gasteiger partial charge on any atom is 0.252 e. The number of methoxy groups -OCH3 is 2. The fraction of sp³-hybridized carbons (Fsp3) is 0.240. The summed E-state index contributed by atoms with van der Waals surface area (Å²) >= 11 is 6.23. The summed E-state index contributed by atoms with van der Waals surface area (Å²) in [6.07, 6.45) is 0. The Kier molecular flexibility index (Phi) is 6.34. The van der Waals surface area contributed by atoms with Crippen molar-refractivity contribution < 1.29 is 14.3 Å². The molecule has 0 saturated carbocycles. The van der Waals surface area contributed by atoms with Crippen LogP contribution in [0, 0.1) is 20.8 Å². The lowest BCUT2D eigenvalue weighted by Crippen LogP contribution is -2.29. The van der Waals surface area contributed by atoms with Crippen molar-refractivity contribution in [3.8, 4) is 17.2 Å². The zero-order chi connectivity index (χ0) is 24.6. The van der Waals surface area contributed by atoms with Gasteiger partial charge >= 0.3 is 0 Å². The predicted octanol–water partition coefficient (Wildman–Crippen LogP) is 4.42. The van der Waals surface area contributed by atoms with Crippen molar-refractivity contribution in [2.24, 2.45) is 0 Å². The molecule has 2 aromatic heterocycles. The van der Waals surface area contributed by atoms with Gasteiger partial charge in [0.25, 0.3) is 5.56 Å². The standard InChI is InChI=1S/C25H25ClN4O4/c1-14-6-8-17(9-7-14)30-25-24(16(3)28-30)15(2)10-23(32)29(25)13-22(31)27-19-11-18(26)20(33-4)12-21(19)34-5/h6-12H,13H2,1-5H3,(H,27,31). The molecule has 8 nitrogen and oxygen atoms in total. The van der Waals surface area contributed by atoms with Crippen LogP contribution < -0.4 is 20.3 Å². The number of amides is 1. The normalized spacial score (nSPS) is 11.0. The Balaban J connectivity index is 1.78. The van der Waals surface area contributed by atoms with Gasteiger partial charge in [0.05, 0.1) is 36.3 Å². The van der Waals surface area contributed by atoms with Gasteiger partial charge in [-0.05, 0) is 44.5 Å². The fourth-order valence-electron chi connectivity index (χ4n) is 3.98. The van der Waals surface area contributed by atoms with Crippen LogP contribution in [0.25, 0.3) is 16.7 Å². The molecule has 0 aliphatic rings. The topological polar surface area (TPSA) is 87.4 Å². The van der Waals surface area contributed by atoms with Gasteiger partial charge in [-0.2, -0.15) is 5.10 Å². The van der Waals surface area contributed by atoms with E-state index < -0.39 is 5.91 Å². The summed E-state index contributed by atoms with van der Waals surface area (Å²) in [5.74, 6) is 0.392. The van der Waals surface area contributed by atoms with Crippen LogP contribution in [0.1, 0.15) is 16.8 Å². The monoisotopic (exact) mass is 480 g/mol. The number of rotatable bonds is 6. The number of benzene rings is 2. The number of nitrogens with zero attached hydrogens (tertiary/aromatic N) is 3. The van der Waals surface area contributed by atoms with E-state index in [-0.39, 0.29) is 12.1 Å². The first kappa shape index (κ1) is 23.4. The van der Waals surface area contributed by atoms with Crippen molar-refractivity contribution in [1.82, 2.24) is 14.3 Å². The van der Waals surface area contributed by atoms with Gasteiger partial charge in [-0.1, -0.05) is 29.3 Å². The fourth-order valence-corrected chi connectivity index (χ4v) is 4.22. The highest BCUT2D eigenvalue weighted by Gasteiger charge is 2.20. The first-order chi connectivity index (χ1) is 16.2. The van der Waals surface area contributed by atoms with Crippen molar-refractivity contribution in [2.45, 2.75) is 27.3 Å². The van der Waals surface area contributed by atoms with Gasteiger partial charge in [-0.3, -0.25) is 14.2 Å². The maximum atomic E-state index is 13.1. The third kappa shape index (κ3) is 4.24. The molecule has 0 unspecified atom stereocenters. The zero-order valence-corrected chi connectivity index (χ0v) is 20.4. The Morgan fingerprint density at radius 3 is 2.35 bits per heavy atom. The van der Waals surface area contributed by atoms with E-state index in [1.54, 1.807) is 16.8 Å². The van der Waals surface area contributed by atoms with Gasteiger partial charge in [-0.25, -0.2) is 4.68 Å². The summed E-state index contributed by atoms with van der Waals surface area (Å²) < 4.78 is 13.7. The highest BCUT2D eigenvalue weighted by Crippen LogP contribution is 2.36. The second kappa shape index (κ2) is 9.23. The zero-order valence-electron chi connectivity index (χ0n) is 19.6. The van der Waals surface area contributed by atoms with Crippen LogP contribution in [0.15, 0.2) is 47.3 Å². The van der Waals surface area contributed by atoms with Crippen molar-refractivity contribution in [2.75, 3.05) is 19.5 Å². The number of carbonyl (C=O) groups excluding carboxylic acids is 1. The van der Waals surface area contributed by atoms with E-state index in [1.165, 1.54) is 24.9 Å². The molecule has 4 rings (SSSR count). The molecule has 0 atom stereocenters. The summed E-state index contributed by atoms with van der Waals surface area (Å²) in [5, 5.41) is 8.62. The van der Waals surface area contributed by atoms with E-state index in [2.05, 4.69) is 10.4 Å². The molecule has 34 heavy (non-hydrogen) atoms. The minimum absolute atomic E-state index is 0.223. The quantitative estimate of drug-likeness (QED) is 0.441. The van der Waals surface area contributed by atoms with Crippen LogP contribution in [-0.4, -0.2) is 34.5 Å². The van der Waals surface area contributed by atoms with Crippen LogP contribution in [0.4, 0.5) is 5.69 Å². The molecule has 0 aliphatic heterocycles. The number of hydrogen-bond donors (Lipinski definition) is 1. The minimum Gasteiger partial charge on any atom is -0.495 e. The van der Waals surface area contributed by atoms with Gasteiger partial charge in [-0.15, -0.1) is 0 Å². The molecule has 4 aromatic rings. The average Bonchev–Trinajstić information content (AvgIpc) is 3.14. The second-order valence-corrected chi connectivity index (χ2v) is 8.43. The number of fused-ring (bicyclic) bond motifs is 1. The first-order valence-corrected chi connectivity index (χ1v) is 11.0. The number of halogens is 1. The Morgan fingerprint density at radius 1 is 1.03 bits per heavy atom. The Labute approximate surface area is 201 Å². The molecule has 1 N–H and O–H groups in total. The number of aryl methyl sites for hydroxylation is 3. The third-order valence-corrected chi connectivity index (χ3v) is 5.92. The molecule has 176 valence electrons. The van der Waals surface area contributed by atoms with Crippen molar-refractivity contribution in [3.63, 3.8) is 0 Å². The number of carbonyl (C=O) groups is 1. The van der Waals surface area contributed by atoms with Crippen molar-refractivity contribution >= 4 is 34.2 Å². The molecule has 0 saturated heterocycles. The molecule has 2 heterocycles. The van der Waals surface area contributed by atoms with E-state index in [0.29, 0.717) is 27.9 Å². The van der Waals surface area contributed by atoms with Gasteiger partial charge in [0, 0.05) is 17.5 Å². The van der Waals surface area contributed by atoms with Gasteiger partial charge < -0.3 is 14.8 Å². The number of anilines is 1. The van der Waals surface area contributed by atoms with E-state index in [1.807, 2.05) is 45.0 Å². The van der Waals surface area contributed by atoms with Crippen molar-refractivity contribution in [1.29, 1.82) is 0 Å². The summed E-state index contributed by atoms with van der Waals surface area (Å²) in [5.41, 5.74) is 4.11. The number of ether oxygens (including phenoxy) is 2. The van der Waals surface area contributed by atoms with Crippen LogP contribution in [0.2, 0.25) is 5.02 Å². The highest BCUT2D eigenvalue weighted by atomic mass is 35.5. The summed E-state index contributed by atoms with van der Waals surface area (Å²) in [7, 11) is 2.97. The van der Waals surface area contributed by atoms with Gasteiger partial charge in [0.2, 0.25) is 5.91 Å². The second-order valence-electron chi connectivity index (χ2n) is 8.02. The van der Waals surface area contributed by atoms with E-state index in [4.69, 9.17) is 21.1 Å². The van der Waals surface area contributed by atoms with Gasteiger partial charge in [0.15, 0.2) is 0 Å². The smallest absolute Gasteiger partial charge is 0.252 e. The minimum atomic E-state index is -0.416. The average molecular weight is 481 g/mol. The molecule has 2 aromatic carbocycles. The van der Waals surface area contributed by atoms with Crippen LogP contribution in [0.5, 0.6) is 11.5 Å². The molecule has 0 bridgehead atoms. The summed E-state index contributed by atoms with van der Waals surface area (Å²) in [6, 6.07) is 12.5. The van der Waals surface area contributed by atoms with E-state index in [9.17, 15) is 9.59 Å². The van der Waals surface area contributed by atoms with Gasteiger partial charge in [0.1, 0.15) is 23.7 Å². The third-order valence-electron chi connectivity index (χ3n) is 5.62.